The van der Waals surface area contributed by atoms with Crippen molar-refractivity contribution in [1.29, 1.82) is 0 Å². The monoisotopic (exact) mass is 291 g/mol. The molecule has 2 rings (SSSR count). The average molecular weight is 291 g/mol. The van der Waals surface area contributed by atoms with E-state index in [2.05, 4.69) is 15.6 Å². The SMILES string of the molecule is COc1ccc(/C(=N/O)C(=NC2CCCCC2)NO)cc1. The van der Waals surface area contributed by atoms with Gasteiger partial charge in [-0.05, 0) is 37.1 Å². The quantitative estimate of drug-likeness (QED) is 0.344. The molecule has 0 heterocycles. The first-order valence-corrected chi connectivity index (χ1v) is 7.13. The van der Waals surface area contributed by atoms with Gasteiger partial charge in [0, 0.05) is 5.56 Å². The molecule has 1 aromatic carbocycles. The summed E-state index contributed by atoms with van der Waals surface area (Å²) < 4.78 is 5.09. The van der Waals surface area contributed by atoms with E-state index in [1.54, 1.807) is 31.4 Å². The molecule has 0 bridgehead atoms. The van der Waals surface area contributed by atoms with Gasteiger partial charge in [0.2, 0.25) is 0 Å². The summed E-state index contributed by atoms with van der Waals surface area (Å²) in [6.45, 7) is 0. The summed E-state index contributed by atoms with van der Waals surface area (Å²) >= 11 is 0. The number of rotatable bonds is 4. The molecule has 0 saturated heterocycles. The molecule has 21 heavy (non-hydrogen) atoms. The zero-order valence-corrected chi connectivity index (χ0v) is 12.1. The summed E-state index contributed by atoms with van der Waals surface area (Å²) in [6, 6.07) is 7.18. The van der Waals surface area contributed by atoms with Gasteiger partial charge >= 0.3 is 0 Å². The Morgan fingerprint density at radius 3 is 2.38 bits per heavy atom. The molecule has 114 valence electrons. The van der Waals surface area contributed by atoms with Crippen molar-refractivity contribution in [3.8, 4) is 5.75 Å². The van der Waals surface area contributed by atoms with Crippen LogP contribution < -0.4 is 10.2 Å². The van der Waals surface area contributed by atoms with E-state index in [1.165, 1.54) is 6.42 Å². The van der Waals surface area contributed by atoms with Crippen LogP contribution >= 0.6 is 0 Å². The number of hydrogen-bond acceptors (Lipinski definition) is 5. The van der Waals surface area contributed by atoms with Crippen molar-refractivity contribution in [2.75, 3.05) is 7.11 Å². The third kappa shape index (κ3) is 3.95. The van der Waals surface area contributed by atoms with E-state index in [4.69, 9.17) is 4.74 Å². The number of hydroxylamine groups is 1. The van der Waals surface area contributed by atoms with E-state index in [1.807, 2.05) is 0 Å². The van der Waals surface area contributed by atoms with Gasteiger partial charge in [-0.1, -0.05) is 24.4 Å². The molecule has 0 aliphatic heterocycles. The fourth-order valence-corrected chi connectivity index (χ4v) is 2.53. The van der Waals surface area contributed by atoms with Crippen LogP contribution in [0.25, 0.3) is 0 Å². The van der Waals surface area contributed by atoms with Crippen LogP contribution in [0.1, 0.15) is 37.7 Å². The van der Waals surface area contributed by atoms with Crippen molar-refractivity contribution in [3.63, 3.8) is 0 Å². The molecule has 1 aliphatic rings. The smallest absolute Gasteiger partial charge is 0.175 e. The molecule has 0 aromatic heterocycles. The highest BCUT2D eigenvalue weighted by Gasteiger charge is 2.17. The number of nitrogens with one attached hydrogen (secondary N) is 1. The highest BCUT2D eigenvalue weighted by atomic mass is 16.5. The lowest BCUT2D eigenvalue weighted by Crippen LogP contribution is -2.31. The zero-order chi connectivity index (χ0) is 15.1. The molecular weight excluding hydrogens is 270 g/mol. The molecule has 0 radical (unpaired) electrons. The maximum absolute atomic E-state index is 9.32. The van der Waals surface area contributed by atoms with Gasteiger partial charge in [-0.2, -0.15) is 0 Å². The van der Waals surface area contributed by atoms with Crippen LogP contribution in [0.3, 0.4) is 0 Å². The summed E-state index contributed by atoms with van der Waals surface area (Å²) in [5.74, 6) is 0.897. The maximum atomic E-state index is 9.32. The number of hydrogen-bond donors (Lipinski definition) is 3. The second-order valence-corrected chi connectivity index (χ2v) is 5.06. The van der Waals surface area contributed by atoms with Gasteiger partial charge in [0.05, 0.1) is 13.2 Å². The Balaban J connectivity index is 2.22. The lowest BCUT2D eigenvalue weighted by Gasteiger charge is -2.19. The van der Waals surface area contributed by atoms with Crippen LogP contribution in [-0.4, -0.2) is 35.1 Å². The van der Waals surface area contributed by atoms with Gasteiger partial charge in [0.15, 0.2) is 11.5 Å². The Labute approximate surface area is 124 Å². The van der Waals surface area contributed by atoms with Crippen molar-refractivity contribution in [3.05, 3.63) is 29.8 Å². The van der Waals surface area contributed by atoms with Crippen molar-refractivity contribution >= 4 is 11.5 Å². The number of oxime groups is 1. The van der Waals surface area contributed by atoms with Crippen LogP contribution in [0.15, 0.2) is 34.4 Å². The predicted molar refractivity (Wildman–Crippen MR) is 80.5 cm³/mol. The van der Waals surface area contributed by atoms with E-state index < -0.39 is 0 Å². The van der Waals surface area contributed by atoms with Gasteiger partial charge in [-0.15, -0.1) is 0 Å². The van der Waals surface area contributed by atoms with E-state index in [-0.39, 0.29) is 17.6 Å². The minimum atomic E-state index is 0.156. The van der Waals surface area contributed by atoms with Gasteiger partial charge in [-0.25, -0.2) is 0 Å². The van der Waals surface area contributed by atoms with Crippen molar-refractivity contribution < 1.29 is 15.2 Å². The third-order valence-electron chi connectivity index (χ3n) is 3.68. The Morgan fingerprint density at radius 2 is 1.86 bits per heavy atom. The predicted octanol–water partition coefficient (Wildman–Crippen LogP) is 2.58. The fourth-order valence-electron chi connectivity index (χ4n) is 2.53. The van der Waals surface area contributed by atoms with Gasteiger partial charge in [-0.3, -0.25) is 15.7 Å². The largest absolute Gasteiger partial charge is 0.497 e. The number of amidine groups is 1. The van der Waals surface area contributed by atoms with Crippen LogP contribution in [0, 0.1) is 0 Å². The van der Waals surface area contributed by atoms with Gasteiger partial charge < -0.3 is 9.94 Å². The Hall–Kier alpha value is -2.08. The second-order valence-electron chi connectivity index (χ2n) is 5.06. The minimum absolute atomic E-state index is 0.156. The first-order chi connectivity index (χ1) is 10.3. The molecule has 6 nitrogen and oxygen atoms in total. The summed E-state index contributed by atoms with van der Waals surface area (Å²) in [4.78, 5) is 4.48. The second kappa shape index (κ2) is 7.64. The van der Waals surface area contributed by atoms with E-state index >= 15 is 0 Å². The fraction of sp³-hybridized carbons (Fsp3) is 0.467. The molecule has 1 saturated carbocycles. The molecule has 0 unspecified atom stereocenters. The van der Waals surface area contributed by atoms with E-state index in [0.717, 1.165) is 25.7 Å². The third-order valence-corrected chi connectivity index (χ3v) is 3.68. The van der Waals surface area contributed by atoms with Crippen LogP contribution in [0.2, 0.25) is 0 Å². The molecule has 0 atom stereocenters. The summed E-state index contributed by atoms with van der Waals surface area (Å²) in [5, 5.41) is 21.9. The number of aliphatic imine (C=N–C) groups is 1. The van der Waals surface area contributed by atoms with Crippen LogP contribution in [0.5, 0.6) is 5.75 Å². The zero-order valence-electron chi connectivity index (χ0n) is 12.1. The van der Waals surface area contributed by atoms with Crippen molar-refractivity contribution in [2.24, 2.45) is 10.1 Å². The van der Waals surface area contributed by atoms with Gasteiger partial charge in [0.25, 0.3) is 0 Å². The maximum Gasteiger partial charge on any atom is 0.175 e. The van der Waals surface area contributed by atoms with Crippen molar-refractivity contribution in [1.82, 2.24) is 5.48 Å². The normalized spacial score (nSPS) is 17.6. The van der Waals surface area contributed by atoms with E-state index in [9.17, 15) is 10.4 Å². The molecule has 1 aromatic rings. The topological polar surface area (TPSA) is 86.4 Å². The lowest BCUT2D eigenvalue weighted by atomic mass is 9.96. The lowest BCUT2D eigenvalue weighted by molar-refractivity contribution is 0.234. The first kappa shape index (κ1) is 15.3. The molecule has 3 N–H and O–H groups in total. The average Bonchev–Trinajstić information content (AvgIpc) is 2.56. The minimum Gasteiger partial charge on any atom is -0.497 e. The molecule has 1 aliphatic carbocycles. The first-order valence-electron chi connectivity index (χ1n) is 7.13. The van der Waals surface area contributed by atoms with Gasteiger partial charge in [0.1, 0.15) is 5.75 Å². The molecule has 0 spiro atoms. The highest BCUT2D eigenvalue weighted by Crippen LogP contribution is 2.21. The van der Waals surface area contributed by atoms with E-state index in [0.29, 0.717) is 11.3 Å². The number of benzene rings is 1. The Bertz CT molecular complexity index is 505. The molecule has 1 fully saturated rings. The number of nitrogens with zero attached hydrogens (tertiary/aromatic N) is 2. The number of ether oxygens (including phenoxy) is 1. The summed E-state index contributed by atoms with van der Waals surface area (Å²) in [6.07, 6.45) is 5.49. The molecular formula is C15H21N3O3. The van der Waals surface area contributed by atoms with Crippen LogP contribution in [-0.2, 0) is 0 Å². The summed E-state index contributed by atoms with van der Waals surface area (Å²) in [7, 11) is 1.58. The highest BCUT2D eigenvalue weighted by molar-refractivity contribution is 6.47. The van der Waals surface area contributed by atoms with Crippen molar-refractivity contribution in [2.45, 2.75) is 38.1 Å². The Kier molecular flexibility index (Phi) is 5.57. The molecule has 0 amide bonds. The summed E-state index contributed by atoms with van der Waals surface area (Å²) in [5.41, 5.74) is 2.92. The Morgan fingerprint density at radius 1 is 1.19 bits per heavy atom. The number of methoxy groups -OCH3 is 1. The van der Waals surface area contributed by atoms with Crippen LogP contribution in [0.4, 0.5) is 0 Å². The standard InChI is InChI=1S/C15H21N3O3/c1-21-13-9-7-11(8-10-13)14(17-19)15(18-20)16-12-5-3-2-4-6-12/h7-10,12,19-20H,2-6H2,1H3,(H,16,18)/b17-14-. The molecule has 6 heteroatoms.